The second-order valence-corrected chi connectivity index (χ2v) is 9.86. The zero-order valence-corrected chi connectivity index (χ0v) is 17.8. The summed E-state index contributed by atoms with van der Waals surface area (Å²) in [5.74, 6) is 0.357. The lowest BCUT2D eigenvalue weighted by molar-refractivity contribution is -0.127. The van der Waals surface area contributed by atoms with Crippen LogP contribution in [0.25, 0.3) is 0 Å². The van der Waals surface area contributed by atoms with Gasteiger partial charge in [-0.2, -0.15) is 4.31 Å². The molecule has 2 aliphatic heterocycles. The molecule has 1 atom stereocenters. The molecule has 1 aromatic rings. The monoisotopic (exact) mass is 409 g/mol. The Morgan fingerprint density at radius 3 is 2.54 bits per heavy atom. The fourth-order valence-corrected chi connectivity index (χ4v) is 5.62. The number of rotatable bonds is 5. The Labute approximate surface area is 168 Å². The highest BCUT2D eigenvalue weighted by atomic mass is 32.2. The van der Waals surface area contributed by atoms with Gasteiger partial charge in [0.15, 0.2) is 0 Å². The summed E-state index contributed by atoms with van der Waals surface area (Å²) in [6.07, 6.45) is 3.32. The van der Waals surface area contributed by atoms with Crippen molar-refractivity contribution in [2.75, 3.05) is 40.3 Å². The average Bonchev–Trinajstić information content (AvgIpc) is 2.69. The second kappa shape index (κ2) is 8.80. The number of methoxy groups -OCH3 is 1. The number of sulfonamides is 1. The average molecular weight is 410 g/mol. The van der Waals surface area contributed by atoms with Gasteiger partial charge in [-0.3, -0.25) is 4.79 Å². The number of ether oxygens (including phenoxy) is 1. The third-order valence-electron chi connectivity index (χ3n) is 5.82. The number of benzene rings is 1. The highest BCUT2D eigenvalue weighted by molar-refractivity contribution is 7.89. The van der Waals surface area contributed by atoms with Gasteiger partial charge in [-0.25, -0.2) is 8.42 Å². The maximum Gasteiger partial charge on any atom is 0.243 e. The smallest absolute Gasteiger partial charge is 0.243 e. The lowest BCUT2D eigenvalue weighted by atomic mass is 9.97. The quantitative estimate of drug-likeness (QED) is 0.799. The molecule has 7 nitrogen and oxygen atoms in total. The molecule has 8 heteroatoms. The van der Waals surface area contributed by atoms with Crippen molar-refractivity contribution in [2.24, 2.45) is 5.92 Å². The molecule has 2 fully saturated rings. The predicted octanol–water partition coefficient (Wildman–Crippen LogP) is 1.61. The summed E-state index contributed by atoms with van der Waals surface area (Å²) in [5, 5.41) is 3.14. The molecule has 0 aliphatic carbocycles. The molecule has 0 radical (unpaired) electrons. The van der Waals surface area contributed by atoms with Crippen LogP contribution in [0.2, 0.25) is 0 Å². The minimum absolute atomic E-state index is 0.0136. The Balaban J connectivity index is 1.66. The van der Waals surface area contributed by atoms with Crippen molar-refractivity contribution in [1.82, 2.24) is 14.5 Å². The summed E-state index contributed by atoms with van der Waals surface area (Å²) >= 11 is 0. The minimum Gasteiger partial charge on any atom is -0.496 e. The van der Waals surface area contributed by atoms with Crippen LogP contribution < -0.4 is 10.1 Å². The minimum atomic E-state index is -3.63. The Kier molecular flexibility index (Phi) is 6.62. The van der Waals surface area contributed by atoms with Crippen LogP contribution >= 0.6 is 0 Å². The van der Waals surface area contributed by atoms with Gasteiger partial charge in [0, 0.05) is 19.1 Å². The number of nitrogens with one attached hydrogen (secondary N) is 1. The van der Waals surface area contributed by atoms with Crippen LogP contribution in [0.5, 0.6) is 5.75 Å². The molecule has 0 spiro atoms. The van der Waals surface area contributed by atoms with Gasteiger partial charge in [-0.05, 0) is 76.5 Å². The standard InChI is InChI=1S/C20H31N3O4S/c1-15-13-18(6-7-19(15)27-3)28(25,26)23-10-4-5-16(14-23)20(24)21-17-8-11-22(2)12-9-17/h6-7,13,16-17H,4-5,8-12,14H2,1-3H3,(H,21,24)/t16-/m1/s1. The summed E-state index contributed by atoms with van der Waals surface area (Å²) in [6, 6.07) is 5.08. The number of hydrogen-bond donors (Lipinski definition) is 1. The van der Waals surface area contributed by atoms with E-state index in [9.17, 15) is 13.2 Å². The van der Waals surface area contributed by atoms with Crippen molar-refractivity contribution < 1.29 is 17.9 Å². The topological polar surface area (TPSA) is 79.0 Å². The fourth-order valence-electron chi connectivity index (χ4n) is 4.01. The van der Waals surface area contributed by atoms with E-state index in [2.05, 4.69) is 17.3 Å². The largest absolute Gasteiger partial charge is 0.496 e. The Hall–Kier alpha value is -1.64. The Morgan fingerprint density at radius 1 is 1.18 bits per heavy atom. The van der Waals surface area contributed by atoms with E-state index in [1.807, 2.05) is 6.92 Å². The van der Waals surface area contributed by atoms with Crippen LogP contribution in [-0.2, 0) is 14.8 Å². The SMILES string of the molecule is COc1ccc(S(=O)(=O)N2CCC[C@@H](C(=O)NC3CCN(C)CC3)C2)cc1C. The molecule has 1 amide bonds. The molecule has 28 heavy (non-hydrogen) atoms. The van der Waals surface area contributed by atoms with Crippen molar-refractivity contribution in [3.63, 3.8) is 0 Å². The van der Waals surface area contributed by atoms with Crippen molar-refractivity contribution >= 4 is 15.9 Å². The number of piperidine rings is 2. The summed E-state index contributed by atoms with van der Waals surface area (Å²) in [6.45, 7) is 4.48. The number of hydrogen-bond acceptors (Lipinski definition) is 5. The van der Waals surface area contributed by atoms with Crippen LogP contribution in [0.1, 0.15) is 31.2 Å². The number of carbonyl (C=O) groups is 1. The molecule has 2 heterocycles. The second-order valence-electron chi connectivity index (χ2n) is 7.92. The third kappa shape index (κ3) is 4.67. The van der Waals surface area contributed by atoms with Crippen molar-refractivity contribution in [3.05, 3.63) is 23.8 Å². The van der Waals surface area contributed by atoms with Crippen molar-refractivity contribution in [2.45, 2.75) is 43.5 Å². The first-order chi connectivity index (χ1) is 13.3. The molecule has 0 unspecified atom stereocenters. The van der Waals surface area contributed by atoms with E-state index in [1.165, 1.54) is 4.31 Å². The zero-order chi connectivity index (χ0) is 20.3. The number of amides is 1. The zero-order valence-electron chi connectivity index (χ0n) is 17.0. The van der Waals surface area contributed by atoms with E-state index in [0.717, 1.165) is 37.9 Å². The molecular formula is C20H31N3O4S. The van der Waals surface area contributed by atoms with E-state index in [4.69, 9.17) is 4.74 Å². The van der Waals surface area contributed by atoms with Gasteiger partial charge in [-0.15, -0.1) is 0 Å². The van der Waals surface area contributed by atoms with Gasteiger partial charge in [0.1, 0.15) is 5.75 Å². The highest BCUT2D eigenvalue weighted by Crippen LogP contribution is 2.27. The summed E-state index contributed by atoms with van der Waals surface area (Å²) in [5.41, 5.74) is 0.775. The molecule has 2 aliphatic rings. The predicted molar refractivity (Wildman–Crippen MR) is 108 cm³/mol. The highest BCUT2D eigenvalue weighted by Gasteiger charge is 2.34. The lowest BCUT2D eigenvalue weighted by Crippen LogP contribution is -2.49. The first-order valence-corrected chi connectivity index (χ1v) is 11.4. The first kappa shape index (κ1) is 21.1. The van der Waals surface area contributed by atoms with Gasteiger partial charge >= 0.3 is 0 Å². The molecular weight excluding hydrogens is 378 g/mol. The van der Waals surface area contributed by atoms with Crippen LogP contribution in [0.3, 0.4) is 0 Å². The number of likely N-dealkylation sites (tertiary alicyclic amines) is 1. The molecule has 1 aromatic carbocycles. The van der Waals surface area contributed by atoms with Gasteiger partial charge in [0.25, 0.3) is 0 Å². The summed E-state index contributed by atoms with van der Waals surface area (Å²) in [4.78, 5) is 15.2. The fraction of sp³-hybridized carbons (Fsp3) is 0.650. The van der Waals surface area contributed by atoms with E-state index < -0.39 is 10.0 Å². The van der Waals surface area contributed by atoms with E-state index >= 15 is 0 Å². The van der Waals surface area contributed by atoms with Crippen LogP contribution in [0, 0.1) is 12.8 Å². The Bertz CT molecular complexity index is 804. The van der Waals surface area contributed by atoms with E-state index in [0.29, 0.717) is 18.7 Å². The molecule has 0 aromatic heterocycles. The van der Waals surface area contributed by atoms with Crippen LogP contribution in [0.4, 0.5) is 0 Å². The summed E-state index contributed by atoms with van der Waals surface area (Å²) in [7, 11) is 0.0251. The normalized spacial score (nSPS) is 22.8. The molecule has 2 saturated heterocycles. The van der Waals surface area contributed by atoms with E-state index in [1.54, 1.807) is 25.3 Å². The van der Waals surface area contributed by atoms with Gasteiger partial charge in [0.2, 0.25) is 15.9 Å². The lowest BCUT2D eigenvalue weighted by Gasteiger charge is -2.34. The van der Waals surface area contributed by atoms with Crippen LogP contribution in [0.15, 0.2) is 23.1 Å². The molecule has 1 N–H and O–H groups in total. The van der Waals surface area contributed by atoms with Crippen LogP contribution in [-0.4, -0.2) is 69.9 Å². The maximum atomic E-state index is 13.1. The molecule has 0 bridgehead atoms. The summed E-state index contributed by atoms with van der Waals surface area (Å²) < 4.78 is 32.8. The van der Waals surface area contributed by atoms with Gasteiger partial charge < -0.3 is 15.0 Å². The third-order valence-corrected chi connectivity index (χ3v) is 7.69. The molecule has 156 valence electrons. The maximum absolute atomic E-state index is 13.1. The molecule has 3 rings (SSSR count). The van der Waals surface area contributed by atoms with Crippen molar-refractivity contribution in [1.29, 1.82) is 0 Å². The number of aryl methyl sites for hydroxylation is 1. The van der Waals surface area contributed by atoms with Crippen molar-refractivity contribution in [3.8, 4) is 5.75 Å². The number of nitrogens with zero attached hydrogens (tertiary/aromatic N) is 2. The Morgan fingerprint density at radius 2 is 1.89 bits per heavy atom. The number of carbonyl (C=O) groups excluding carboxylic acids is 1. The first-order valence-electron chi connectivity index (χ1n) is 9.95. The van der Waals surface area contributed by atoms with E-state index in [-0.39, 0.29) is 29.3 Å². The van der Waals surface area contributed by atoms with Gasteiger partial charge in [0.05, 0.1) is 17.9 Å². The molecule has 0 saturated carbocycles. The van der Waals surface area contributed by atoms with Gasteiger partial charge in [-0.1, -0.05) is 0 Å².